The molecule has 0 spiro atoms. The smallest absolute Gasteiger partial charge is 0.120 e. The van der Waals surface area contributed by atoms with Gasteiger partial charge < -0.3 is 10.5 Å². The molecule has 0 bridgehead atoms. The minimum absolute atomic E-state index is 0.409. The van der Waals surface area contributed by atoms with E-state index in [1.165, 1.54) is 43.2 Å². The molecule has 1 aliphatic rings. The molecule has 1 aromatic rings. The van der Waals surface area contributed by atoms with Gasteiger partial charge in [-0.1, -0.05) is 25.8 Å². The van der Waals surface area contributed by atoms with E-state index in [1.807, 2.05) is 0 Å². The van der Waals surface area contributed by atoms with Crippen LogP contribution in [0.2, 0.25) is 0 Å². The molecule has 1 fully saturated rings. The van der Waals surface area contributed by atoms with Gasteiger partial charge in [0.05, 0.1) is 6.10 Å². The quantitative estimate of drug-likeness (QED) is 0.878. The Balaban J connectivity index is 1.98. The third kappa shape index (κ3) is 3.26. The van der Waals surface area contributed by atoms with Gasteiger partial charge in [-0.2, -0.15) is 0 Å². The highest BCUT2D eigenvalue weighted by atomic mass is 16.5. The van der Waals surface area contributed by atoms with Gasteiger partial charge in [0.15, 0.2) is 0 Å². The van der Waals surface area contributed by atoms with E-state index < -0.39 is 0 Å². The Morgan fingerprint density at radius 1 is 1.33 bits per heavy atom. The first kappa shape index (κ1) is 13.4. The Bertz CT molecular complexity index is 389. The van der Waals surface area contributed by atoms with E-state index in [-0.39, 0.29) is 0 Å². The molecule has 2 heteroatoms. The van der Waals surface area contributed by atoms with E-state index in [0.29, 0.717) is 12.6 Å². The van der Waals surface area contributed by atoms with Crippen LogP contribution in [-0.4, -0.2) is 6.10 Å². The maximum absolute atomic E-state index is 6.13. The lowest BCUT2D eigenvalue weighted by Gasteiger charge is -2.29. The summed E-state index contributed by atoms with van der Waals surface area (Å²) >= 11 is 0. The average molecular weight is 247 g/mol. The molecule has 2 rings (SSSR count). The summed E-state index contributed by atoms with van der Waals surface area (Å²) in [5.41, 5.74) is 8.12. The summed E-state index contributed by atoms with van der Waals surface area (Å²) in [5.74, 6) is 1.86. The Hall–Kier alpha value is -1.02. The zero-order chi connectivity index (χ0) is 13.0. The number of aryl methyl sites for hydroxylation is 1. The van der Waals surface area contributed by atoms with Crippen molar-refractivity contribution in [1.29, 1.82) is 0 Å². The van der Waals surface area contributed by atoms with Crippen molar-refractivity contribution < 1.29 is 4.74 Å². The van der Waals surface area contributed by atoms with Crippen molar-refractivity contribution in [3.8, 4) is 5.75 Å². The van der Waals surface area contributed by atoms with Gasteiger partial charge in [-0.05, 0) is 55.4 Å². The lowest BCUT2D eigenvalue weighted by Crippen LogP contribution is -2.25. The van der Waals surface area contributed by atoms with Gasteiger partial charge in [-0.3, -0.25) is 0 Å². The first-order valence-corrected chi connectivity index (χ1v) is 7.19. The van der Waals surface area contributed by atoms with Crippen LogP contribution in [0.4, 0.5) is 0 Å². The fourth-order valence-electron chi connectivity index (χ4n) is 2.88. The molecule has 1 aliphatic carbocycles. The fraction of sp³-hybridized carbons (Fsp3) is 0.625. The predicted octanol–water partition coefficient (Wildman–Crippen LogP) is 3.80. The first-order chi connectivity index (χ1) is 8.72. The minimum atomic E-state index is 0.409. The molecule has 2 unspecified atom stereocenters. The molecule has 0 radical (unpaired) electrons. The summed E-state index contributed by atoms with van der Waals surface area (Å²) in [6.07, 6.45) is 6.80. The molecular formula is C16H25NO. The third-order valence-electron chi connectivity index (χ3n) is 4.15. The van der Waals surface area contributed by atoms with Crippen LogP contribution in [0.25, 0.3) is 0 Å². The van der Waals surface area contributed by atoms with Crippen molar-refractivity contribution in [3.63, 3.8) is 0 Å². The SMILES string of the molecule is CCC1CCCC(Oc2ccc(CN)c(C)c2)C1. The van der Waals surface area contributed by atoms with E-state index in [4.69, 9.17) is 10.5 Å². The van der Waals surface area contributed by atoms with E-state index in [1.54, 1.807) is 0 Å². The normalized spacial score (nSPS) is 23.9. The molecule has 0 heterocycles. The van der Waals surface area contributed by atoms with E-state index in [2.05, 4.69) is 32.0 Å². The molecule has 100 valence electrons. The second-order valence-corrected chi connectivity index (χ2v) is 5.47. The van der Waals surface area contributed by atoms with Crippen molar-refractivity contribution in [3.05, 3.63) is 29.3 Å². The van der Waals surface area contributed by atoms with Gasteiger partial charge >= 0.3 is 0 Å². The van der Waals surface area contributed by atoms with Crippen LogP contribution in [0.3, 0.4) is 0 Å². The van der Waals surface area contributed by atoms with Crippen LogP contribution in [0.15, 0.2) is 18.2 Å². The number of ether oxygens (including phenoxy) is 1. The highest BCUT2D eigenvalue weighted by Crippen LogP contribution is 2.30. The van der Waals surface area contributed by atoms with Crippen molar-refractivity contribution in [2.45, 2.75) is 58.6 Å². The monoisotopic (exact) mass is 247 g/mol. The summed E-state index contributed by atoms with van der Waals surface area (Å²) in [6.45, 7) is 4.99. The number of rotatable bonds is 4. The second kappa shape index (κ2) is 6.24. The average Bonchev–Trinajstić information content (AvgIpc) is 2.39. The lowest BCUT2D eigenvalue weighted by molar-refractivity contribution is 0.122. The Labute approximate surface area is 111 Å². The number of hydrogen-bond acceptors (Lipinski definition) is 2. The van der Waals surface area contributed by atoms with Gasteiger partial charge in [0.25, 0.3) is 0 Å². The highest BCUT2D eigenvalue weighted by molar-refractivity contribution is 5.34. The molecule has 0 aromatic heterocycles. The molecule has 0 saturated heterocycles. The second-order valence-electron chi connectivity index (χ2n) is 5.47. The lowest BCUT2D eigenvalue weighted by atomic mass is 9.85. The number of hydrogen-bond donors (Lipinski definition) is 1. The van der Waals surface area contributed by atoms with Crippen LogP contribution >= 0.6 is 0 Å². The van der Waals surface area contributed by atoms with Gasteiger partial charge in [0, 0.05) is 6.54 Å². The molecular weight excluding hydrogens is 222 g/mol. The highest BCUT2D eigenvalue weighted by Gasteiger charge is 2.22. The molecule has 18 heavy (non-hydrogen) atoms. The summed E-state index contributed by atoms with van der Waals surface area (Å²) in [6, 6.07) is 6.27. The van der Waals surface area contributed by atoms with Crippen molar-refractivity contribution in [1.82, 2.24) is 0 Å². The number of benzene rings is 1. The van der Waals surface area contributed by atoms with Crippen LogP contribution in [0.1, 0.15) is 50.2 Å². The maximum atomic E-state index is 6.13. The summed E-state index contributed by atoms with van der Waals surface area (Å²) in [5, 5.41) is 0. The van der Waals surface area contributed by atoms with E-state index in [9.17, 15) is 0 Å². The van der Waals surface area contributed by atoms with Gasteiger partial charge in [0.1, 0.15) is 5.75 Å². The van der Waals surface area contributed by atoms with Gasteiger partial charge in [0.2, 0.25) is 0 Å². The molecule has 0 amide bonds. The largest absolute Gasteiger partial charge is 0.490 e. The zero-order valence-corrected chi connectivity index (χ0v) is 11.6. The molecule has 1 aromatic carbocycles. The summed E-state index contributed by atoms with van der Waals surface area (Å²) < 4.78 is 6.13. The van der Waals surface area contributed by atoms with Crippen molar-refractivity contribution in [2.75, 3.05) is 0 Å². The van der Waals surface area contributed by atoms with E-state index >= 15 is 0 Å². The predicted molar refractivity (Wildman–Crippen MR) is 75.7 cm³/mol. The Morgan fingerprint density at radius 3 is 2.83 bits per heavy atom. The van der Waals surface area contributed by atoms with Crippen molar-refractivity contribution >= 4 is 0 Å². The van der Waals surface area contributed by atoms with Crippen LogP contribution in [0.5, 0.6) is 5.75 Å². The summed E-state index contributed by atoms with van der Waals surface area (Å²) in [7, 11) is 0. The fourth-order valence-corrected chi connectivity index (χ4v) is 2.88. The molecule has 2 N–H and O–H groups in total. The van der Waals surface area contributed by atoms with E-state index in [0.717, 1.165) is 11.7 Å². The molecule has 1 saturated carbocycles. The topological polar surface area (TPSA) is 35.2 Å². The molecule has 0 aliphatic heterocycles. The Kier molecular flexibility index (Phi) is 4.65. The van der Waals surface area contributed by atoms with Gasteiger partial charge in [-0.25, -0.2) is 0 Å². The molecule has 2 atom stereocenters. The standard InChI is InChI=1S/C16H25NO/c1-3-13-5-4-6-15(10-13)18-16-8-7-14(11-17)12(2)9-16/h7-9,13,15H,3-6,10-11,17H2,1-2H3. The van der Waals surface area contributed by atoms with Crippen molar-refractivity contribution in [2.24, 2.45) is 11.7 Å². The van der Waals surface area contributed by atoms with Gasteiger partial charge in [-0.15, -0.1) is 0 Å². The van der Waals surface area contributed by atoms with Crippen LogP contribution in [0, 0.1) is 12.8 Å². The third-order valence-corrected chi connectivity index (χ3v) is 4.15. The maximum Gasteiger partial charge on any atom is 0.120 e. The zero-order valence-electron chi connectivity index (χ0n) is 11.6. The minimum Gasteiger partial charge on any atom is -0.490 e. The molecule has 2 nitrogen and oxygen atoms in total. The summed E-state index contributed by atoms with van der Waals surface area (Å²) in [4.78, 5) is 0. The van der Waals surface area contributed by atoms with Crippen LogP contribution < -0.4 is 10.5 Å². The number of nitrogens with two attached hydrogens (primary N) is 1. The first-order valence-electron chi connectivity index (χ1n) is 7.19. The Morgan fingerprint density at radius 2 is 2.17 bits per heavy atom. The van der Waals surface area contributed by atoms with Crippen LogP contribution in [-0.2, 0) is 6.54 Å².